The Morgan fingerprint density at radius 3 is 1.86 bits per heavy atom. The molecule has 1 rings (SSSR count). The van der Waals surface area contributed by atoms with Crippen LogP contribution in [0.2, 0.25) is 0 Å². The Bertz CT molecular complexity index is 1590. The van der Waals surface area contributed by atoms with Crippen molar-refractivity contribution < 1.29 is 58.5 Å². The van der Waals surface area contributed by atoms with Gasteiger partial charge in [-0.1, -0.05) is 0 Å². The summed E-state index contributed by atoms with van der Waals surface area (Å²) in [6.45, 7) is 0.228. The van der Waals surface area contributed by atoms with Crippen LogP contribution in [0.15, 0.2) is 17.5 Å². The molecular formula is C31H51N13O12S. The van der Waals surface area contributed by atoms with Crippen molar-refractivity contribution in [2.45, 2.75) is 94.2 Å². The van der Waals surface area contributed by atoms with E-state index >= 15 is 0 Å². The lowest BCUT2D eigenvalue weighted by Crippen LogP contribution is -2.60. The van der Waals surface area contributed by atoms with Crippen molar-refractivity contribution in [2.24, 2.45) is 27.9 Å². The first kappa shape index (κ1) is 49.0. The molecule has 18 N–H and O–H groups in total. The number of hydrogen-bond donors (Lipinski definition) is 15. The van der Waals surface area contributed by atoms with Gasteiger partial charge in [-0.15, -0.1) is 0 Å². The number of nitrogens with zero attached hydrogens (tertiary/aromatic N) is 2. The van der Waals surface area contributed by atoms with E-state index in [-0.39, 0.29) is 50.4 Å². The lowest BCUT2D eigenvalue weighted by atomic mass is 10.1. The van der Waals surface area contributed by atoms with Crippen LogP contribution < -0.4 is 54.8 Å². The summed E-state index contributed by atoms with van der Waals surface area (Å²) in [5.41, 5.74) is 21.7. The van der Waals surface area contributed by atoms with Gasteiger partial charge < -0.3 is 75.1 Å². The first-order valence-corrected chi connectivity index (χ1v) is 18.0. The molecule has 25 nitrogen and oxygen atoms in total. The van der Waals surface area contributed by atoms with Crippen LogP contribution >= 0.6 is 12.6 Å². The number of aromatic nitrogens is 2. The summed E-state index contributed by atoms with van der Waals surface area (Å²) >= 11 is 4.08. The predicted molar refractivity (Wildman–Crippen MR) is 201 cm³/mol. The van der Waals surface area contributed by atoms with Crippen molar-refractivity contribution >= 4 is 71.9 Å². The number of imidazole rings is 1. The summed E-state index contributed by atoms with van der Waals surface area (Å²) in [5.74, 6) is -9.75. The van der Waals surface area contributed by atoms with Crippen LogP contribution in [-0.4, -0.2) is 146 Å². The Hall–Kier alpha value is -6.02. The second-order valence-corrected chi connectivity index (χ2v) is 12.9. The van der Waals surface area contributed by atoms with Crippen LogP contribution in [0.25, 0.3) is 0 Å². The SMILES string of the molecule is C[C@H](NC(=O)[C@H](CO)NC(=O)[C@H](Cc1cnc[nH]1)NC(=O)[C@H](CS)NC(=O)[C@@H](N)CCC(N)=O)C(=O)N[C@@H](CCC(=O)O)C(=O)N[C@@H](CCCN=C(N)N)C(=O)O. The molecule has 7 amide bonds. The van der Waals surface area contributed by atoms with E-state index < -0.39 is 115 Å². The van der Waals surface area contributed by atoms with Crippen molar-refractivity contribution in [2.75, 3.05) is 18.9 Å². The maximum Gasteiger partial charge on any atom is 0.326 e. The van der Waals surface area contributed by atoms with Crippen molar-refractivity contribution in [1.29, 1.82) is 0 Å². The fourth-order valence-corrected chi connectivity index (χ4v) is 4.97. The molecule has 0 unspecified atom stereocenters. The number of guanidine groups is 1. The van der Waals surface area contributed by atoms with Crippen molar-refractivity contribution in [1.82, 2.24) is 41.9 Å². The van der Waals surface area contributed by atoms with Crippen LogP contribution in [0.5, 0.6) is 0 Å². The number of amides is 7. The maximum atomic E-state index is 13.4. The normalized spacial score (nSPS) is 14.5. The van der Waals surface area contributed by atoms with E-state index in [1.165, 1.54) is 19.4 Å². The number of nitrogens with two attached hydrogens (primary N) is 4. The molecule has 0 bridgehead atoms. The summed E-state index contributed by atoms with van der Waals surface area (Å²) in [6.07, 6.45) is 1.08. The molecule has 0 radical (unpaired) electrons. The molecule has 57 heavy (non-hydrogen) atoms. The molecule has 0 aliphatic carbocycles. The Labute approximate surface area is 331 Å². The number of carbonyl (C=O) groups excluding carboxylic acids is 7. The van der Waals surface area contributed by atoms with Crippen molar-refractivity contribution in [3.05, 3.63) is 18.2 Å². The average Bonchev–Trinajstić information content (AvgIpc) is 3.66. The van der Waals surface area contributed by atoms with E-state index in [0.29, 0.717) is 5.69 Å². The van der Waals surface area contributed by atoms with Crippen LogP contribution in [0.4, 0.5) is 0 Å². The highest BCUT2D eigenvalue weighted by atomic mass is 32.1. The minimum absolute atomic E-state index is 0.0563. The molecule has 1 aromatic heterocycles. The number of aliphatic hydroxyl groups is 1. The third kappa shape index (κ3) is 18.9. The minimum atomic E-state index is -1.71. The maximum absolute atomic E-state index is 13.4. The Morgan fingerprint density at radius 2 is 1.32 bits per heavy atom. The average molecular weight is 830 g/mol. The molecule has 26 heteroatoms. The number of carbonyl (C=O) groups is 9. The fourth-order valence-electron chi connectivity index (χ4n) is 4.71. The molecule has 0 spiro atoms. The second kappa shape index (κ2) is 25.2. The summed E-state index contributed by atoms with van der Waals surface area (Å²) in [6, 6.07) is -10.2. The minimum Gasteiger partial charge on any atom is -0.481 e. The molecule has 0 saturated carbocycles. The van der Waals surface area contributed by atoms with E-state index in [0.717, 1.165) is 0 Å². The number of thiol groups is 1. The predicted octanol–water partition coefficient (Wildman–Crippen LogP) is -6.60. The summed E-state index contributed by atoms with van der Waals surface area (Å²) < 4.78 is 0. The van der Waals surface area contributed by atoms with Gasteiger partial charge in [-0.2, -0.15) is 12.6 Å². The number of primary amides is 1. The number of carboxylic acid groups (broad SMARTS) is 2. The van der Waals surface area contributed by atoms with E-state index in [4.69, 9.17) is 28.0 Å². The molecular weight excluding hydrogens is 778 g/mol. The highest BCUT2D eigenvalue weighted by Crippen LogP contribution is 2.06. The smallest absolute Gasteiger partial charge is 0.326 e. The van der Waals surface area contributed by atoms with Gasteiger partial charge in [0, 0.05) is 43.5 Å². The van der Waals surface area contributed by atoms with Gasteiger partial charge in [0.05, 0.1) is 19.0 Å². The zero-order chi connectivity index (χ0) is 43.2. The van der Waals surface area contributed by atoms with E-state index in [9.17, 15) is 53.4 Å². The third-order valence-corrected chi connectivity index (χ3v) is 8.24. The first-order valence-electron chi connectivity index (χ1n) is 17.3. The number of hydrogen-bond acceptors (Lipinski definition) is 14. The molecule has 0 aromatic carbocycles. The Morgan fingerprint density at radius 1 is 0.754 bits per heavy atom. The number of carboxylic acids is 2. The van der Waals surface area contributed by atoms with Crippen molar-refractivity contribution in [3.8, 4) is 0 Å². The standard InChI is InChI=1S/C31H51N13O12S/c1-14(24(49)40-17(5-7-23(47)48)26(51)41-18(30(55)56)3-2-8-37-31(34)35)39-28(53)20(11-45)43-27(52)19(9-15-10-36-13-38-15)42-29(54)21(12-57)44-25(50)16(32)4-6-22(33)46/h10,13-14,16-21,45,57H,2-9,11-12,32H2,1H3,(H2,33,46)(H,36,38)(H,39,53)(H,40,49)(H,41,51)(H,42,54)(H,43,52)(H,44,50)(H,47,48)(H,55,56)(H4,34,35,37)/t14-,16-,17-,18-,19-,20-,21-/m0/s1. The topological polar surface area (TPSA) is 432 Å². The number of aliphatic carboxylic acids is 2. The zero-order valence-corrected chi connectivity index (χ0v) is 31.8. The molecule has 1 aromatic rings. The molecule has 1 heterocycles. The molecule has 0 aliphatic rings. The van der Waals surface area contributed by atoms with Crippen LogP contribution in [-0.2, 0) is 49.6 Å². The Kier molecular flexibility index (Phi) is 21.7. The second-order valence-electron chi connectivity index (χ2n) is 12.5. The van der Waals surface area contributed by atoms with Gasteiger partial charge >= 0.3 is 11.9 Å². The van der Waals surface area contributed by atoms with Crippen LogP contribution in [0.3, 0.4) is 0 Å². The van der Waals surface area contributed by atoms with E-state index in [1.807, 2.05) is 0 Å². The Balaban J connectivity index is 3.04. The van der Waals surface area contributed by atoms with Crippen LogP contribution in [0, 0.1) is 0 Å². The highest BCUT2D eigenvalue weighted by molar-refractivity contribution is 7.80. The number of H-pyrrole nitrogens is 1. The number of aliphatic imine (C=N–C) groups is 1. The lowest BCUT2D eigenvalue weighted by molar-refractivity contribution is -0.143. The number of aliphatic hydroxyl groups excluding tert-OH is 1. The van der Waals surface area contributed by atoms with Gasteiger partial charge in [0.15, 0.2) is 5.96 Å². The number of nitrogens with one attached hydrogen (secondary N) is 7. The summed E-state index contributed by atoms with van der Waals surface area (Å²) in [7, 11) is 0. The van der Waals surface area contributed by atoms with Crippen molar-refractivity contribution in [3.63, 3.8) is 0 Å². The van der Waals surface area contributed by atoms with Gasteiger partial charge in [0.2, 0.25) is 41.4 Å². The number of rotatable bonds is 27. The van der Waals surface area contributed by atoms with Gasteiger partial charge in [-0.25, -0.2) is 9.78 Å². The highest BCUT2D eigenvalue weighted by Gasteiger charge is 2.33. The molecule has 318 valence electrons. The van der Waals surface area contributed by atoms with Gasteiger partial charge in [0.1, 0.15) is 36.3 Å². The first-order chi connectivity index (χ1) is 26.8. The molecule has 7 atom stereocenters. The third-order valence-electron chi connectivity index (χ3n) is 7.87. The lowest BCUT2D eigenvalue weighted by Gasteiger charge is -2.26. The monoisotopic (exact) mass is 829 g/mol. The van der Waals surface area contributed by atoms with Crippen LogP contribution in [0.1, 0.15) is 51.1 Å². The van der Waals surface area contributed by atoms with E-state index in [2.05, 4.69) is 59.5 Å². The fraction of sp³-hybridized carbons (Fsp3) is 0.581. The molecule has 0 saturated heterocycles. The van der Waals surface area contributed by atoms with Gasteiger partial charge in [-0.05, 0) is 32.6 Å². The van der Waals surface area contributed by atoms with Gasteiger partial charge in [0.25, 0.3) is 0 Å². The summed E-state index contributed by atoms with van der Waals surface area (Å²) in [4.78, 5) is 123. The molecule has 0 fully saturated rings. The largest absolute Gasteiger partial charge is 0.481 e. The zero-order valence-electron chi connectivity index (χ0n) is 30.9. The molecule has 0 aliphatic heterocycles. The summed E-state index contributed by atoms with van der Waals surface area (Å²) in [5, 5.41) is 42.5. The quantitative estimate of drug-likeness (QED) is 0.0170. The number of aromatic amines is 1. The van der Waals surface area contributed by atoms with E-state index in [1.54, 1.807) is 0 Å². The van der Waals surface area contributed by atoms with Gasteiger partial charge in [-0.3, -0.25) is 43.3 Å².